The van der Waals surface area contributed by atoms with Crippen LogP contribution in [0.1, 0.15) is 38.5 Å². The second-order valence-corrected chi connectivity index (χ2v) is 7.18. The number of hydrogen-bond acceptors (Lipinski definition) is 3. The van der Waals surface area contributed by atoms with Gasteiger partial charge in [0.1, 0.15) is 0 Å². The molecule has 2 aliphatic carbocycles. The van der Waals surface area contributed by atoms with Crippen LogP contribution >= 0.6 is 0 Å². The molecule has 0 saturated heterocycles. The van der Waals surface area contributed by atoms with Crippen LogP contribution in [0.5, 0.6) is 0 Å². The summed E-state index contributed by atoms with van der Waals surface area (Å²) in [6.07, 6.45) is 6.81. The SMILES string of the molecule is NC(CNS(=O)(=O)CCC1CCC1)C1CC1. The maximum atomic E-state index is 11.7. The Balaban J connectivity index is 1.64. The van der Waals surface area contributed by atoms with Gasteiger partial charge in [0.25, 0.3) is 0 Å². The summed E-state index contributed by atoms with van der Waals surface area (Å²) in [5.74, 6) is 1.47. The van der Waals surface area contributed by atoms with E-state index in [2.05, 4.69) is 4.72 Å². The highest BCUT2D eigenvalue weighted by Gasteiger charge is 2.29. The molecule has 0 bridgehead atoms. The van der Waals surface area contributed by atoms with Gasteiger partial charge in [-0.15, -0.1) is 0 Å². The van der Waals surface area contributed by atoms with Gasteiger partial charge in [0.05, 0.1) is 5.75 Å². The lowest BCUT2D eigenvalue weighted by Gasteiger charge is -2.25. The van der Waals surface area contributed by atoms with Crippen molar-refractivity contribution in [3.8, 4) is 0 Å². The average Bonchev–Trinajstić information content (AvgIpc) is 2.94. The zero-order chi connectivity index (χ0) is 11.6. The molecule has 5 heteroatoms. The van der Waals surface area contributed by atoms with Gasteiger partial charge < -0.3 is 5.73 Å². The summed E-state index contributed by atoms with van der Waals surface area (Å²) < 4.78 is 25.9. The molecule has 0 aromatic carbocycles. The van der Waals surface area contributed by atoms with Crippen molar-refractivity contribution in [2.45, 2.75) is 44.6 Å². The summed E-state index contributed by atoms with van der Waals surface area (Å²) in [6, 6.07) is 0.0125. The molecule has 3 N–H and O–H groups in total. The van der Waals surface area contributed by atoms with Crippen molar-refractivity contribution in [3.63, 3.8) is 0 Å². The highest BCUT2D eigenvalue weighted by molar-refractivity contribution is 7.89. The first kappa shape index (κ1) is 12.3. The third-order valence-corrected chi connectivity index (χ3v) is 5.17. The van der Waals surface area contributed by atoms with Crippen LogP contribution in [0.25, 0.3) is 0 Å². The van der Waals surface area contributed by atoms with Crippen LogP contribution < -0.4 is 10.5 Å². The minimum atomic E-state index is -3.08. The molecule has 0 aromatic rings. The van der Waals surface area contributed by atoms with Crippen LogP contribution in [0.2, 0.25) is 0 Å². The van der Waals surface area contributed by atoms with E-state index < -0.39 is 10.0 Å². The molecule has 1 atom stereocenters. The summed E-state index contributed by atoms with van der Waals surface area (Å²) in [6.45, 7) is 0.414. The highest BCUT2D eigenvalue weighted by Crippen LogP contribution is 2.31. The molecule has 0 amide bonds. The van der Waals surface area contributed by atoms with Crippen LogP contribution in [-0.4, -0.2) is 26.8 Å². The fraction of sp³-hybridized carbons (Fsp3) is 1.00. The molecular weight excluding hydrogens is 224 g/mol. The first-order chi connectivity index (χ1) is 7.57. The number of nitrogens with two attached hydrogens (primary N) is 1. The van der Waals surface area contributed by atoms with Gasteiger partial charge in [-0.05, 0) is 31.1 Å². The standard InChI is InChI=1S/C11H22N2O2S/c12-11(10-4-5-10)8-13-16(14,15)7-6-9-2-1-3-9/h9-11,13H,1-8,12H2. The van der Waals surface area contributed by atoms with E-state index in [1.54, 1.807) is 0 Å². The molecule has 4 nitrogen and oxygen atoms in total. The van der Waals surface area contributed by atoms with Gasteiger partial charge in [0.15, 0.2) is 0 Å². The maximum Gasteiger partial charge on any atom is 0.211 e. The predicted octanol–water partition coefficient (Wildman–Crippen LogP) is 0.833. The maximum absolute atomic E-state index is 11.7. The minimum absolute atomic E-state index is 0.0125. The van der Waals surface area contributed by atoms with Crippen LogP contribution in [0.3, 0.4) is 0 Å². The van der Waals surface area contributed by atoms with Crippen molar-refractivity contribution < 1.29 is 8.42 Å². The third-order valence-electron chi connectivity index (χ3n) is 3.79. The molecule has 2 fully saturated rings. The van der Waals surface area contributed by atoms with Crippen LogP contribution in [0.15, 0.2) is 0 Å². The van der Waals surface area contributed by atoms with E-state index in [-0.39, 0.29) is 11.8 Å². The summed E-state index contributed by atoms with van der Waals surface area (Å²) >= 11 is 0. The lowest BCUT2D eigenvalue weighted by molar-refractivity contribution is 0.307. The van der Waals surface area contributed by atoms with Crippen molar-refractivity contribution in [2.24, 2.45) is 17.6 Å². The Labute approximate surface area is 98.0 Å². The zero-order valence-electron chi connectivity index (χ0n) is 9.69. The van der Waals surface area contributed by atoms with Crippen molar-refractivity contribution in [1.29, 1.82) is 0 Å². The zero-order valence-corrected chi connectivity index (χ0v) is 10.5. The van der Waals surface area contributed by atoms with Gasteiger partial charge in [0, 0.05) is 12.6 Å². The lowest BCUT2D eigenvalue weighted by atomic mass is 9.84. The van der Waals surface area contributed by atoms with E-state index in [4.69, 9.17) is 5.73 Å². The highest BCUT2D eigenvalue weighted by atomic mass is 32.2. The smallest absolute Gasteiger partial charge is 0.211 e. The third kappa shape index (κ3) is 3.71. The van der Waals surface area contributed by atoms with Gasteiger partial charge in [-0.3, -0.25) is 0 Å². The topological polar surface area (TPSA) is 72.2 Å². The van der Waals surface area contributed by atoms with Gasteiger partial charge in [-0.2, -0.15) is 0 Å². The van der Waals surface area contributed by atoms with Crippen LogP contribution in [0, 0.1) is 11.8 Å². The fourth-order valence-corrected chi connectivity index (χ4v) is 3.32. The molecule has 0 spiro atoms. The van der Waals surface area contributed by atoms with E-state index in [0.717, 1.165) is 19.3 Å². The second-order valence-electron chi connectivity index (χ2n) is 5.25. The first-order valence-corrected chi connectivity index (χ1v) is 7.95. The molecule has 0 heterocycles. The largest absolute Gasteiger partial charge is 0.326 e. The molecule has 0 radical (unpaired) electrons. The lowest BCUT2D eigenvalue weighted by Crippen LogP contribution is -2.39. The number of hydrogen-bond donors (Lipinski definition) is 2. The van der Waals surface area contributed by atoms with E-state index in [0.29, 0.717) is 18.4 Å². The van der Waals surface area contributed by atoms with E-state index in [9.17, 15) is 8.42 Å². The molecular formula is C11H22N2O2S. The van der Waals surface area contributed by atoms with Gasteiger partial charge in [-0.1, -0.05) is 19.3 Å². The second kappa shape index (κ2) is 5.02. The normalized spacial score (nSPS) is 24.1. The summed E-state index contributed by atoms with van der Waals surface area (Å²) in [5, 5.41) is 0. The Morgan fingerprint density at radius 2 is 1.94 bits per heavy atom. The monoisotopic (exact) mass is 246 g/mol. The molecule has 0 aromatic heterocycles. The van der Waals surface area contributed by atoms with Crippen molar-refractivity contribution in [2.75, 3.05) is 12.3 Å². The molecule has 2 rings (SSSR count). The molecule has 94 valence electrons. The van der Waals surface area contributed by atoms with Gasteiger partial charge in [-0.25, -0.2) is 13.1 Å². The molecule has 0 aliphatic heterocycles. The molecule has 1 unspecified atom stereocenters. The average molecular weight is 246 g/mol. The van der Waals surface area contributed by atoms with Gasteiger partial charge >= 0.3 is 0 Å². The Bertz CT molecular complexity index is 321. The quantitative estimate of drug-likeness (QED) is 0.699. The summed E-state index contributed by atoms with van der Waals surface area (Å²) in [4.78, 5) is 0. The number of sulfonamides is 1. The van der Waals surface area contributed by atoms with E-state index in [1.807, 2.05) is 0 Å². The number of nitrogens with one attached hydrogen (secondary N) is 1. The Kier molecular flexibility index (Phi) is 3.87. The van der Waals surface area contributed by atoms with E-state index in [1.165, 1.54) is 19.3 Å². The Morgan fingerprint density at radius 1 is 1.25 bits per heavy atom. The minimum Gasteiger partial charge on any atom is -0.326 e. The predicted molar refractivity (Wildman–Crippen MR) is 64.4 cm³/mol. The molecule has 2 aliphatic rings. The van der Waals surface area contributed by atoms with Crippen molar-refractivity contribution >= 4 is 10.0 Å². The Morgan fingerprint density at radius 3 is 2.44 bits per heavy atom. The number of rotatable bonds is 7. The summed E-state index contributed by atoms with van der Waals surface area (Å²) in [7, 11) is -3.08. The van der Waals surface area contributed by atoms with Crippen LogP contribution in [-0.2, 0) is 10.0 Å². The Hall–Kier alpha value is -0.130. The van der Waals surface area contributed by atoms with Crippen molar-refractivity contribution in [1.82, 2.24) is 4.72 Å². The molecule has 2 saturated carbocycles. The van der Waals surface area contributed by atoms with Crippen LogP contribution in [0.4, 0.5) is 0 Å². The fourth-order valence-electron chi connectivity index (χ4n) is 2.09. The summed E-state index contributed by atoms with van der Waals surface area (Å²) in [5.41, 5.74) is 5.85. The first-order valence-electron chi connectivity index (χ1n) is 6.30. The van der Waals surface area contributed by atoms with E-state index >= 15 is 0 Å². The van der Waals surface area contributed by atoms with Gasteiger partial charge in [0.2, 0.25) is 10.0 Å². The molecule has 16 heavy (non-hydrogen) atoms. The van der Waals surface area contributed by atoms with Crippen molar-refractivity contribution in [3.05, 3.63) is 0 Å².